The number of aromatic nitrogens is 3. The van der Waals surface area contributed by atoms with Gasteiger partial charge >= 0.3 is 0 Å². The summed E-state index contributed by atoms with van der Waals surface area (Å²) in [6.45, 7) is 3.25. The summed E-state index contributed by atoms with van der Waals surface area (Å²) in [5.74, 6) is -0.370. The van der Waals surface area contributed by atoms with Gasteiger partial charge < -0.3 is 29.6 Å². The van der Waals surface area contributed by atoms with Crippen LogP contribution in [0.1, 0.15) is 47.2 Å². The minimum Gasteiger partial charge on any atom is -0.388 e. The van der Waals surface area contributed by atoms with E-state index in [0.29, 0.717) is 50.3 Å². The number of H-pyrrole nitrogens is 1. The number of aliphatic hydroxyl groups excluding tert-OH is 1. The molecule has 4 rings (SSSR count). The predicted molar refractivity (Wildman–Crippen MR) is 104 cm³/mol. The van der Waals surface area contributed by atoms with Crippen molar-refractivity contribution in [3.8, 4) is 0 Å². The van der Waals surface area contributed by atoms with Crippen LogP contribution in [0.15, 0.2) is 30.9 Å². The number of imidazole rings is 1. The van der Waals surface area contributed by atoms with Crippen molar-refractivity contribution in [2.45, 2.75) is 43.4 Å². The predicted octanol–water partition coefficient (Wildman–Crippen LogP) is 0.693. The molecule has 9 heteroatoms. The van der Waals surface area contributed by atoms with Gasteiger partial charge in [-0.25, -0.2) is 4.98 Å². The fraction of sp³-hybridized carbons (Fsp3) is 0.550. The number of aromatic amines is 1. The highest BCUT2D eigenvalue weighted by Gasteiger charge is 2.54. The molecule has 156 valence electrons. The summed E-state index contributed by atoms with van der Waals surface area (Å²) in [7, 11) is 1.80. The quantitative estimate of drug-likeness (QED) is 0.701. The maximum Gasteiger partial charge on any atom is 0.271 e. The Balaban J connectivity index is 1.45. The highest BCUT2D eigenvalue weighted by molar-refractivity contribution is 5.93. The molecule has 2 saturated heterocycles. The van der Waals surface area contributed by atoms with E-state index >= 15 is 0 Å². The van der Waals surface area contributed by atoms with Gasteiger partial charge in [0.25, 0.3) is 11.8 Å². The number of amides is 2. The Morgan fingerprint density at radius 2 is 2.10 bits per heavy atom. The van der Waals surface area contributed by atoms with Gasteiger partial charge in [-0.2, -0.15) is 0 Å². The lowest BCUT2D eigenvalue weighted by atomic mass is 9.73. The van der Waals surface area contributed by atoms with Crippen molar-refractivity contribution >= 4 is 11.8 Å². The Morgan fingerprint density at radius 1 is 1.34 bits per heavy atom. The van der Waals surface area contributed by atoms with E-state index in [2.05, 4.69) is 15.3 Å². The standard InChI is InChI=1S/C20H27N5O4/c1-19(23-16(26)15-12-24(2)13-22-15)7-11-29-20(18(19)28)5-9-25(10-6-20)17(27)14-4-3-8-21-14/h3-4,8,12-13,18,21,28H,5-7,9-11H2,1-2H3,(H,23,26)/t18-,19+/m0/s1. The number of carbonyl (C=O) groups is 2. The normalized spacial score (nSPS) is 26.4. The van der Waals surface area contributed by atoms with Crippen molar-refractivity contribution in [2.75, 3.05) is 19.7 Å². The largest absolute Gasteiger partial charge is 0.388 e. The minimum absolute atomic E-state index is 0.0543. The Hall–Kier alpha value is -2.65. The Kier molecular flexibility index (Phi) is 4.95. The van der Waals surface area contributed by atoms with E-state index < -0.39 is 17.2 Å². The van der Waals surface area contributed by atoms with Gasteiger partial charge in [0.15, 0.2) is 0 Å². The monoisotopic (exact) mass is 401 g/mol. The first-order valence-electron chi connectivity index (χ1n) is 9.88. The van der Waals surface area contributed by atoms with E-state index in [-0.39, 0.29) is 11.8 Å². The summed E-state index contributed by atoms with van der Waals surface area (Å²) < 4.78 is 7.76. The number of hydrogen-bond acceptors (Lipinski definition) is 5. The molecule has 1 spiro atoms. The summed E-state index contributed by atoms with van der Waals surface area (Å²) >= 11 is 0. The van der Waals surface area contributed by atoms with Gasteiger partial charge in [-0.15, -0.1) is 0 Å². The molecule has 2 aromatic rings. The lowest BCUT2D eigenvalue weighted by Crippen LogP contribution is -2.69. The van der Waals surface area contributed by atoms with Gasteiger partial charge in [0.2, 0.25) is 0 Å². The van der Waals surface area contributed by atoms with E-state index in [4.69, 9.17) is 4.74 Å². The van der Waals surface area contributed by atoms with Crippen molar-refractivity contribution in [3.63, 3.8) is 0 Å². The molecule has 0 radical (unpaired) electrons. The van der Waals surface area contributed by atoms with Crippen molar-refractivity contribution < 1.29 is 19.4 Å². The average Bonchev–Trinajstić information content (AvgIpc) is 3.38. The molecule has 0 bridgehead atoms. The van der Waals surface area contributed by atoms with Crippen LogP contribution in [0.5, 0.6) is 0 Å². The molecule has 2 fully saturated rings. The van der Waals surface area contributed by atoms with Crippen LogP contribution >= 0.6 is 0 Å². The Bertz CT molecular complexity index is 885. The summed E-state index contributed by atoms with van der Waals surface area (Å²) in [6.07, 6.45) is 5.56. The molecule has 2 aliphatic heterocycles. The van der Waals surface area contributed by atoms with Gasteiger partial charge in [-0.3, -0.25) is 9.59 Å². The molecule has 2 aliphatic rings. The lowest BCUT2D eigenvalue weighted by Gasteiger charge is -2.53. The summed E-state index contributed by atoms with van der Waals surface area (Å²) in [6, 6.07) is 3.55. The number of ether oxygens (including phenoxy) is 1. The first-order valence-corrected chi connectivity index (χ1v) is 9.88. The third-order valence-corrected chi connectivity index (χ3v) is 6.17. The molecular weight excluding hydrogens is 374 g/mol. The Morgan fingerprint density at radius 3 is 2.72 bits per heavy atom. The van der Waals surface area contributed by atoms with Gasteiger partial charge in [0, 0.05) is 39.1 Å². The molecule has 3 N–H and O–H groups in total. The smallest absolute Gasteiger partial charge is 0.271 e. The van der Waals surface area contributed by atoms with Crippen LogP contribution in [0.4, 0.5) is 0 Å². The zero-order chi connectivity index (χ0) is 20.6. The molecule has 4 heterocycles. The number of nitrogens with one attached hydrogen (secondary N) is 2. The van der Waals surface area contributed by atoms with Crippen molar-refractivity contribution in [1.82, 2.24) is 24.8 Å². The third kappa shape index (κ3) is 3.56. The SMILES string of the molecule is Cn1cnc(C(=O)N[C@]2(C)CCOC3(CCN(C(=O)c4ccc[nH]4)CC3)[C@H]2O)c1. The molecule has 2 amide bonds. The summed E-state index contributed by atoms with van der Waals surface area (Å²) in [5.41, 5.74) is -0.749. The fourth-order valence-corrected chi connectivity index (χ4v) is 4.39. The highest BCUT2D eigenvalue weighted by Crippen LogP contribution is 2.40. The second-order valence-electron chi connectivity index (χ2n) is 8.24. The molecule has 9 nitrogen and oxygen atoms in total. The first-order chi connectivity index (χ1) is 13.8. The van der Waals surface area contributed by atoms with E-state index in [0.717, 1.165) is 0 Å². The number of aryl methyl sites for hydroxylation is 1. The van der Waals surface area contributed by atoms with Crippen molar-refractivity contribution in [1.29, 1.82) is 0 Å². The highest BCUT2D eigenvalue weighted by atomic mass is 16.5. The summed E-state index contributed by atoms with van der Waals surface area (Å²) in [4.78, 5) is 34.0. The first kappa shape index (κ1) is 19.7. The molecule has 0 saturated carbocycles. The maximum atomic E-state index is 12.6. The number of carbonyl (C=O) groups excluding carboxylic acids is 2. The van der Waals surface area contributed by atoms with Crippen LogP contribution in [0.25, 0.3) is 0 Å². The maximum absolute atomic E-state index is 12.6. The minimum atomic E-state index is -0.890. The van der Waals surface area contributed by atoms with E-state index in [1.165, 1.54) is 0 Å². The van der Waals surface area contributed by atoms with Gasteiger partial charge in [0.05, 0.1) is 17.5 Å². The fourth-order valence-electron chi connectivity index (χ4n) is 4.39. The van der Waals surface area contributed by atoms with Gasteiger partial charge in [-0.1, -0.05) is 0 Å². The molecule has 2 atom stereocenters. The number of hydrogen-bond donors (Lipinski definition) is 3. The average molecular weight is 401 g/mol. The molecule has 0 aliphatic carbocycles. The topological polar surface area (TPSA) is 112 Å². The van der Waals surface area contributed by atoms with Crippen LogP contribution in [0.2, 0.25) is 0 Å². The molecule has 2 aromatic heterocycles. The zero-order valence-electron chi connectivity index (χ0n) is 16.7. The number of nitrogens with zero attached hydrogens (tertiary/aromatic N) is 3. The zero-order valence-corrected chi connectivity index (χ0v) is 16.7. The van der Waals surface area contributed by atoms with Crippen LogP contribution in [0, 0.1) is 0 Å². The lowest BCUT2D eigenvalue weighted by molar-refractivity contribution is -0.203. The van der Waals surface area contributed by atoms with Crippen LogP contribution in [0.3, 0.4) is 0 Å². The van der Waals surface area contributed by atoms with E-state index in [1.54, 1.807) is 47.4 Å². The van der Waals surface area contributed by atoms with Crippen molar-refractivity contribution in [2.24, 2.45) is 7.05 Å². The molecular formula is C20H27N5O4. The van der Waals surface area contributed by atoms with Crippen molar-refractivity contribution in [3.05, 3.63) is 42.2 Å². The Labute approximate surface area is 169 Å². The van der Waals surface area contributed by atoms with Gasteiger partial charge in [0.1, 0.15) is 17.5 Å². The van der Waals surface area contributed by atoms with E-state index in [1.807, 2.05) is 6.92 Å². The van der Waals surface area contributed by atoms with Crippen LogP contribution < -0.4 is 5.32 Å². The molecule has 0 unspecified atom stereocenters. The molecule has 0 aromatic carbocycles. The summed E-state index contributed by atoms with van der Waals surface area (Å²) in [5, 5.41) is 14.2. The number of likely N-dealkylation sites (tertiary alicyclic amines) is 1. The number of rotatable bonds is 3. The second-order valence-corrected chi connectivity index (χ2v) is 8.24. The van der Waals surface area contributed by atoms with Crippen LogP contribution in [-0.2, 0) is 11.8 Å². The second kappa shape index (κ2) is 7.31. The third-order valence-electron chi connectivity index (χ3n) is 6.17. The number of aliphatic hydroxyl groups is 1. The van der Waals surface area contributed by atoms with Gasteiger partial charge in [-0.05, 0) is 38.3 Å². The van der Waals surface area contributed by atoms with Crippen LogP contribution in [-0.4, -0.2) is 73.3 Å². The van der Waals surface area contributed by atoms with E-state index in [9.17, 15) is 14.7 Å². The molecule has 29 heavy (non-hydrogen) atoms. The number of piperidine rings is 1.